The molecule has 0 bridgehead atoms. The van der Waals surface area contributed by atoms with E-state index in [2.05, 4.69) is 86.9 Å². The molecule has 0 N–H and O–H groups in total. The van der Waals surface area contributed by atoms with Crippen molar-refractivity contribution in [2.75, 3.05) is 72.5 Å². The quantitative estimate of drug-likeness (QED) is 0.0197. The average molecular weight is 912 g/mol. The fourth-order valence-electron chi connectivity index (χ4n) is 6.46. The molecule has 0 radical (unpaired) electrons. The lowest BCUT2D eigenvalue weighted by atomic mass is 9.99. The maximum atomic E-state index is 12.9. The van der Waals surface area contributed by atoms with Gasteiger partial charge in [-0.3, -0.25) is 9.59 Å². The van der Waals surface area contributed by atoms with E-state index in [-0.39, 0.29) is 45.2 Å². The van der Waals surface area contributed by atoms with Gasteiger partial charge >= 0.3 is 18.1 Å². The van der Waals surface area contributed by atoms with Crippen molar-refractivity contribution in [3.05, 3.63) is 0 Å². The van der Waals surface area contributed by atoms with Crippen LogP contribution in [-0.2, 0) is 47.5 Å². The normalized spacial score (nSPS) is 13.4. The Morgan fingerprint density at radius 3 is 1.32 bits per heavy atom. The average Bonchev–Trinajstić information content (AvgIpc) is 3.31. The number of likely N-dealkylation sites (tertiary alicyclic amines) is 1. The van der Waals surface area contributed by atoms with Crippen molar-refractivity contribution in [3.8, 4) is 47.4 Å². The Morgan fingerprint density at radius 1 is 0.523 bits per heavy atom. The summed E-state index contributed by atoms with van der Waals surface area (Å²) in [6.45, 7) is 15.3. The van der Waals surface area contributed by atoms with Gasteiger partial charge in [-0.2, -0.15) is 0 Å². The van der Waals surface area contributed by atoms with Crippen LogP contribution in [0.25, 0.3) is 0 Å². The molecule has 0 aromatic heterocycles. The second-order valence-electron chi connectivity index (χ2n) is 16.3. The Hall–Kier alpha value is -3.75. The molecule has 1 aliphatic heterocycles. The van der Waals surface area contributed by atoms with Gasteiger partial charge < -0.3 is 42.8 Å². The van der Waals surface area contributed by atoms with E-state index in [9.17, 15) is 14.4 Å². The van der Waals surface area contributed by atoms with E-state index in [1.807, 2.05) is 0 Å². The lowest BCUT2D eigenvalue weighted by molar-refractivity contribution is -0.152. The summed E-state index contributed by atoms with van der Waals surface area (Å²) in [5.41, 5.74) is 0. The second kappa shape index (κ2) is 44.1. The molecule has 368 valence electrons. The minimum Gasteiger partial charge on any atom is -0.465 e. The van der Waals surface area contributed by atoms with E-state index in [1.165, 1.54) is 0 Å². The molecule has 0 spiro atoms. The summed E-state index contributed by atoms with van der Waals surface area (Å²) >= 11 is 0. The number of esters is 2. The van der Waals surface area contributed by atoms with Crippen molar-refractivity contribution in [1.82, 2.24) is 4.90 Å². The predicted octanol–water partition coefficient (Wildman–Crippen LogP) is 10.2. The lowest BCUT2D eigenvalue weighted by Gasteiger charge is -2.31. The molecule has 0 aromatic carbocycles. The van der Waals surface area contributed by atoms with Crippen LogP contribution < -0.4 is 0 Å². The van der Waals surface area contributed by atoms with Crippen molar-refractivity contribution in [3.63, 3.8) is 0 Å². The van der Waals surface area contributed by atoms with Gasteiger partial charge in [0.05, 0.1) is 39.0 Å². The fourth-order valence-corrected chi connectivity index (χ4v) is 6.46. The van der Waals surface area contributed by atoms with Crippen LogP contribution in [0, 0.1) is 59.2 Å². The van der Waals surface area contributed by atoms with Crippen LogP contribution in [0.4, 0.5) is 4.79 Å². The summed E-state index contributed by atoms with van der Waals surface area (Å²) < 4.78 is 46.1. The van der Waals surface area contributed by atoms with Gasteiger partial charge in [-0.25, -0.2) is 4.79 Å². The standard InChI is InChI=1S/C53H85NO11/c1-6-11-15-19-27-38-58-51(59-39-28-20-16-12-7-2)35-25-23-33-49(55)62-44-48(46-65-53(57)64-43-47-32-31-37-54(10-5)42-47)45-63-50(56)34-24-26-36-52(60-40-29-21-17-13-8-3)61-41-30-22-18-14-9-4/h47-48,51-52H,6-14,23-46H2,1-5H3. The van der Waals surface area contributed by atoms with Crippen LogP contribution in [0.3, 0.4) is 0 Å². The van der Waals surface area contributed by atoms with Crippen molar-refractivity contribution >= 4 is 18.1 Å². The lowest BCUT2D eigenvalue weighted by Crippen LogP contribution is -2.37. The third kappa shape index (κ3) is 37.1. The molecule has 1 fully saturated rings. The van der Waals surface area contributed by atoms with Gasteiger partial charge in [0.2, 0.25) is 0 Å². The van der Waals surface area contributed by atoms with Gasteiger partial charge in [-0.1, -0.05) is 34.6 Å². The minimum absolute atomic E-state index is 0.0809. The summed E-state index contributed by atoms with van der Waals surface area (Å²) in [5.74, 6) is 24.0. The Labute approximate surface area is 394 Å². The smallest absolute Gasteiger partial charge is 0.465 e. The second-order valence-corrected chi connectivity index (χ2v) is 16.3. The van der Waals surface area contributed by atoms with Gasteiger partial charge in [0.1, 0.15) is 19.8 Å². The third-order valence-corrected chi connectivity index (χ3v) is 10.1. The molecule has 12 nitrogen and oxygen atoms in total. The van der Waals surface area contributed by atoms with Crippen LogP contribution in [0.1, 0.15) is 176 Å². The molecule has 1 aliphatic rings. The molecule has 0 aromatic rings. The highest BCUT2D eigenvalue weighted by molar-refractivity contribution is 5.69. The number of carbonyl (C=O) groups excluding carboxylic acids is 3. The molecule has 1 rings (SSSR count). The predicted molar refractivity (Wildman–Crippen MR) is 255 cm³/mol. The van der Waals surface area contributed by atoms with Crippen LogP contribution in [0.2, 0.25) is 0 Å². The van der Waals surface area contributed by atoms with E-state index in [0.717, 1.165) is 83.8 Å². The molecule has 0 saturated carbocycles. The summed E-state index contributed by atoms with van der Waals surface area (Å²) in [5, 5.41) is 0. The molecular formula is C53H85NO11. The number of unbranched alkanes of at least 4 members (excludes halogenated alkanes) is 6. The molecule has 12 heteroatoms. The van der Waals surface area contributed by atoms with Gasteiger partial charge in [-0.15, -0.1) is 47.4 Å². The molecule has 1 unspecified atom stereocenters. The largest absolute Gasteiger partial charge is 0.508 e. The van der Waals surface area contributed by atoms with Gasteiger partial charge in [0, 0.05) is 76.7 Å². The van der Waals surface area contributed by atoms with Crippen molar-refractivity contribution in [2.24, 2.45) is 11.8 Å². The first-order chi connectivity index (χ1) is 31.8. The molecule has 0 aliphatic carbocycles. The number of carbonyl (C=O) groups is 3. The maximum Gasteiger partial charge on any atom is 0.508 e. The van der Waals surface area contributed by atoms with E-state index in [1.54, 1.807) is 0 Å². The Kier molecular flexibility index (Phi) is 40.2. The Morgan fingerprint density at radius 2 is 0.923 bits per heavy atom. The van der Waals surface area contributed by atoms with Crippen LogP contribution in [0.15, 0.2) is 0 Å². The summed E-state index contributed by atoms with van der Waals surface area (Å²) in [7, 11) is 0. The number of ether oxygens (including phenoxy) is 8. The molecule has 0 amide bonds. The molecular weight excluding hydrogens is 827 g/mol. The van der Waals surface area contributed by atoms with Crippen molar-refractivity contribution in [2.45, 2.75) is 188 Å². The first-order valence-electron chi connectivity index (χ1n) is 25.0. The number of nitrogens with zero attached hydrogens (tertiary/aromatic N) is 1. The van der Waals surface area contributed by atoms with E-state index < -0.39 is 36.6 Å². The van der Waals surface area contributed by atoms with E-state index >= 15 is 0 Å². The molecule has 65 heavy (non-hydrogen) atoms. The fraction of sp³-hybridized carbons (Fsp3) is 0.792. The van der Waals surface area contributed by atoms with Crippen molar-refractivity contribution < 1.29 is 52.3 Å². The SMILES string of the molecule is CCCC#CCCOC(CCCCC(=O)OCC(COC(=O)CCCCC(OCCC#CCCC)OCCC#CCCC)COC(=O)OCC1CCCN(CC)C1)OCCC#CCCC. The maximum absolute atomic E-state index is 12.9. The summed E-state index contributed by atoms with van der Waals surface area (Å²) in [4.78, 5) is 40.7. The highest BCUT2D eigenvalue weighted by atomic mass is 16.7. The number of hydrogen-bond donors (Lipinski definition) is 0. The molecule has 1 saturated heterocycles. The highest BCUT2D eigenvalue weighted by Crippen LogP contribution is 2.17. The number of hydrogen-bond acceptors (Lipinski definition) is 12. The van der Waals surface area contributed by atoms with Crippen LogP contribution in [-0.4, -0.2) is 108 Å². The minimum atomic E-state index is -0.790. The van der Waals surface area contributed by atoms with Crippen LogP contribution in [0.5, 0.6) is 0 Å². The zero-order valence-electron chi connectivity index (χ0n) is 41.1. The zero-order chi connectivity index (χ0) is 47.3. The van der Waals surface area contributed by atoms with Gasteiger partial charge in [-0.05, 0) is 90.1 Å². The number of rotatable bonds is 35. The van der Waals surface area contributed by atoms with Gasteiger partial charge in [0.15, 0.2) is 12.6 Å². The number of piperidine rings is 1. The van der Waals surface area contributed by atoms with Crippen LogP contribution >= 0.6 is 0 Å². The Balaban J connectivity index is 2.69. The monoisotopic (exact) mass is 912 g/mol. The summed E-state index contributed by atoms with van der Waals surface area (Å²) in [6.07, 6.45) is 14.7. The summed E-state index contributed by atoms with van der Waals surface area (Å²) in [6, 6.07) is 0. The van der Waals surface area contributed by atoms with Crippen molar-refractivity contribution in [1.29, 1.82) is 0 Å². The molecule has 1 atom stereocenters. The highest BCUT2D eigenvalue weighted by Gasteiger charge is 2.22. The van der Waals surface area contributed by atoms with Gasteiger partial charge in [0.25, 0.3) is 0 Å². The Bertz CT molecular complexity index is 1320. The third-order valence-electron chi connectivity index (χ3n) is 10.1. The zero-order valence-corrected chi connectivity index (χ0v) is 41.1. The first-order valence-corrected chi connectivity index (χ1v) is 25.0. The first kappa shape index (κ1) is 59.3. The molecule has 1 heterocycles. The van der Waals surface area contributed by atoms with E-state index in [4.69, 9.17) is 37.9 Å². The topological polar surface area (TPSA) is 128 Å². The van der Waals surface area contributed by atoms with E-state index in [0.29, 0.717) is 90.6 Å².